The molecule has 0 N–H and O–H groups in total. The minimum absolute atomic E-state index is 0.289. The summed E-state index contributed by atoms with van der Waals surface area (Å²) in [5, 5.41) is 9.30. The molecule has 0 aliphatic rings. The number of rotatable bonds is 2. The van der Waals surface area contributed by atoms with Crippen LogP contribution in [0.5, 0.6) is 0 Å². The van der Waals surface area contributed by atoms with Gasteiger partial charge in [-0.2, -0.15) is 5.26 Å². The summed E-state index contributed by atoms with van der Waals surface area (Å²) >= 11 is 0. The van der Waals surface area contributed by atoms with E-state index in [1.54, 1.807) is 12.3 Å². The minimum Gasteiger partial charge on any atom is -0.244 e. The van der Waals surface area contributed by atoms with Gasteiger partial charge in [0, 0.05) is 17.3 Å². The van der Waals surface area contributed by atoms with E-state index in [9.17, 15) is 5.26 Å². The van der Waals surface area contributed by atoms with Crippen molar-refractivity contribution in [2.24, 2.45) is 0 Å². The van der Waals surface area contributed by atoms with Crippen molar-refractivity contribution in [3.8, 4) is 28.6 Å². The molecule has 2 aromatic heterocycles. The van der Waals surface area contributed by atoms with Crippen LogP contribution in [-0.4, -0.2) is 15.0 Å². The molecule has 0 fully saturated rings. The number of nitrogens with zero attached hydrogens (tertiary/aromatic N) is 4. The first kappa shape index (κ1) is 14.0. The van der Waals surface area contributed by atoms with Crippen LogP contribution in [-0.2, 0) is 0 Å². The number of fused-ring (bicyclic) bond motifs is 1. The third-order valence-electron chi connectivity index (χ3n) is 3.78. The molecule has 0 saturated heterocycles. The van der Waals surface area contributed by atoms with Gasteiger partial charge in [0.15, 0.2) is 5.69 Å². The molecule has 4 aromatic rings. The molecule has 0 spiro atoms. The number of aromatic nitrogens is 3. The van der Waals surface area contributed by atoms with E-state index in [4.69, 9.17) is 9.97 Å². The fourth-order valence-corrected chi connectivity index (χ4v) is 2.66. The first-order valence-electron chi connectivity index (χ1n) is 7.54. The molecular weight excluding hydrogens is 296 g/mol. The molecule has 4 rings (SSSR count). The van der Waals surface area contributed by atoms with Crippen LogP contribution in [0, 0.1) is 11.3 Å². The smallest absolute Gasteiger partial charge is 0.168 e. The zero-order chi connectivity index (χ0) is 16.4. The Morgan fingerprint density at radius 3 is 1.88 bits per heavy atom. The molecule has 0 radical (unpaired) electrons. The van der Waals surface area contributed by atoms with Crippen LogP contribution in [0.3, 0.4) is 0 Å². The Kier molecular flexibility index (Phi) is 3.45. The molecule has 0 atom stereocenters. The SMILES string of the molecule is N#Cc1nccc2nc(-c3ccccc3)c(-c3ccccc3)nc12. The normalized spacial score (nSPS) is 10.5. The summed E-state index contributed by atoms with van der Waals surface area (Å²) in [5.74, 6) is 0. The molecule has 0 aliphatic heterocycles. The fourth-order valence-electron chi connectivity index (χ4n) is 2.66. The van der Waals surface area contributed by atoms with E-state index in [0.29, 0.717) is 11.0 Å². The monoisotopic (exact) mass is 308 g/mol. The van der Waals surface area contributed by atoms with Crippen LogP contribution in [0.2, 0.25) is 0 Å². The highest BCUT2D eigenvalue weighted by Gasteiger charge is 2.15. The van der Waals surface area contributed by atoms with Gasteiger partial charge in [-0.1, -0.05) is 60.7 Å². The molecule has 0 bridgehead atoms. The van der Waals surface area contributed by atoms with E-state index in [0.717, 1.165) is 22.5 Å². The second-order valence-corrected chi connectivity index (χ2v) is 5.29. The van der Waals surface area contributed by atoms with Gasteiger partial charge in [0.1, 0.15) is 11.6 Å². The lowest BCUT2D eigenvalue weighted by Gasteiger charge is -2.10. The number of hydrogen-bond acceptors (Lipinski definition) is 4. The van der Waals surface area contributed by atoms with Crippen molar-refractivity contribution in [2.45, 2.75) is 0 Å². The van der Waals surface area contributed by atoms with E-state index in [2.05, 4.69) is 11.1 Å². The van der Waals surface area contributed by atoms with Gasteiger partial charge < -0.3 is 0 Å². The molecule has 2 aromatic carbocycles. The van der Waals surface area contributed by atoms with Crippen molar-refractivity contribution in [1.29, 1.82) is 5.26 Å². The van der Waals surface area contributed by atoms with E-state index in [-0.39, 0.29) is 5.69 Å². The van der Waals surface area contributed by atoms with Crippen molar-refractivity contribution in [3.63, 3.8) is 0 Å². The van der Waals surface area contributed by atoms with Crippen molar-refractivity contribution in [1.82, 2.24) is 15.0 Å². The lowest BCUT2D eigenvalue weighted by molar-refractivity contribution is 1.22. The van der Waals surface area contributed by atoms with Crippen molar-refractivity contribution in [3.05, 3.63) is 78.6 Å². The Bertz CT molecular complexity index is 1050. The van der Waals surface area contributed by atoms with Crippen molar-refractivity contribution < 1.29 is 0 Å². The summed E-state index contributed by atoms with van der Waals surface area (Å²) in [6, 6.07) is 23.7. The van der Waals surface area contributed by atoms with Crippen LogP contribution in [0.1, 0.15) is 5.69 Å². The first-order chi connectivity index (χ1) is 11.9. The lowest BCUT2D eigenvalue weighted by Crippen LogP contribution is -1.98. The van der Waals surface area contributed by atoms with Gasteiger partial charge in [-0.05, 0) is 6.07 Å². The molecule has 24 heavy (non-hydrogen) atoms. The van der Waals surface area contributed by atoms with Crippen LogP contribution >= 0.6 is 0 Å². The zero-order valence-corrected chi connectivity index (χ0v) is 12.7. The molecule has 0 saturated carbocycles. The van der Waals surface area contributed by atoms with Gasteiger partial charge in [0.2, 0.25) is 0 Å². The Morgan fingerprint density at radius 2 is 1.29 bits per heavy atom. The Balaban J connectivity index is 2.08. The Labute approximate surface area is 139 Å². The first-order valence-corrected chi connectivity index (χ1v) is 7.54. The summed E-state index contributed by atoms with van der Waals surface area (Å²) in [6.45, 7) is 0. The molecule has 4 heteroatoms. The van der Waals surface area contributed by atoms with E-state index in [1.165, 1.54) is 0 Å². The number of pyridine rings is 1. The molecule has 0 amide bonds. The average molecular weight is 308 g/mol. The predicted molar refractivity (Wildman–Crippen MR) is 92.9 cm³/mol. The summed E-state index contributed by atoms with van der Waals surface area (Å²) in [4.78, 5) is 13.6. The van der Waals surface area contributed by atoms with E-state index < -0.39 is 0 Å². The van der Waals surface area contributed by atoms with Crippen LogP contribution in [0.15, 0.2) is 72.9 Å². The van der Waals surface area contributed by atoms with Crippen LogP contribution < -0.4 is 0 Å². The standard InChI is InChI=1S/C20H12N4/c21-13-17-20-16(11-12-22-17)23-18(14-7-3-1-4-8-14)19(24-20)15-9-5-2-6-10-15/h1-12H. The summed E-state index contributed by atoms with van der Waals surface area (Å²) < 4.78 is 0. The topological polar surface area (TPSA) is 62.5 Å². The van der Waals surface area contributed by atoms with Gasteiger partial charge >= 0.3 is 0 Å². The minimum atomic E-state index is 0.289. The van der Waals surface area contributed by atoms with Gasteiger partial charge in [0.05, 0.1) is 16.9 Å². The van der Waals surface area contributed by atoms with Gasteiger partial charge in [-0.25, -0.2) is 15.0 Å². The van der Waals surface area contributed by atoms with Crippen molar-refractivity contribution >= 4 is 11.0 Å². The highest BCUT2D eigenvalue weighted by molar-refractivity contribution is 5.87. The lowest BCUT2D eigenvalue weighted by atomic mass is 10.0. The van der Waals surface area contributed by atoms with Gasteiger partial charge in [-0.3, -0.25) is 0 Å². The van der Waals surface area contributed by atoms with Gasteiger partial charge in [0.25, 0.3) is 0 Å². The molecule has 2 heterocycles. The van der Waals surface area contributed by atoms with Gasteiger partial charge in [-0.15, -0.1) is 0 Å². The van der Waals surface area contributed by atoms with E-state index >= 15 is 0 Å². The van der Waals surface area contributed by atoms with E-state index in [1.807, 2.05) is 60.7 Å². The molecule has 0 aliphatic carbocycles. The maximum absolute atomic E-state index is 9.30. The molecule has 112 valence electrons. The van der Waals surface area contributed by atoms with Crippen LogP contribution in [0.25, 0.3) is 33.5 Å². The highest BCUT2D eigenvalue weighted by atomic mass is 14.9. The Hall–Kier alpha value is -3.58. The summed E-state index contributed by atoms with van der Waals surface area (Å²) in [7, 11) is 0. The third kappa shape index (κ3) is 2.38. The quantitative estimate of drug-likeness (QED) is 0.556. The second kappa shape index (κ2) is 5.90. The maximum Gasteiger partial charge on any atom is 0.168 e. The number of nitriles is 1. The molecular formula is C20H12N4. The Morgan fingerprint density at radius 1 is 0.708 bits per heavy atom. The zero-order valence-electron chi connectivity index (χ0n) is 12.7. The maximum atomic E-state index is 9.30. The van der Waals surface area contributed by atoms with Crippen molar-refractivity contribution in [2.75, 3.05) is 0 Å². The summed E-state index contributed by atoms with van der Waals surface area (Å²) in [6.07, 6.45) is 1.59. The summed E-state index contributed by atoms with van der Waals surface area (Å²) in [5.41, 5.74) is 4.97. The second-order valence-electron chi connectivity index (χ2n) is 5.29. The predicted octanol–water partition coefficient (Wildman–Crippen LogP) is 4.23. The number of benzene rings is 2. The number of hydrogen-bond donors (Lipinski definition) is 0. The van der Waals surface area contributed by atoms with Crippen LogP contribution in [0.4, 0.5) is 0 Å². The molecule has 4 nitrogen and oxygen atoms in total. The average Bonchev–Trinajstić information content (AvgIpc) is 2.68. The third-order valence-corrected chi connectivity index (χ3v) is 3.78. The molecule has 0 unspecified atom stereocenters. The largest absolute Gasteiger partial charge is 0.244 e. The fraction of sp³-hybridized carbons (Fsp3) is 0. The highest BCUT2D eigenvalue weighted by Crippen LogP contribution is 2.31.